The molecule has 186 valence electrons. The van der Waals surface area contributed by atoms with Gasteiger partial charge in [-0.15, -0.1) is 10.2 Å². The first-order valence-electron chi connectivity index (χ1n) is 12.3. The molecule has 0 N–H and O–H groups in total. The first kappa shape index (κ1) is 25.2. The molecule has 4 rings (SSSR count). The molecule has 0 spiro atoms. The summed E-state index contributed by atoms with van der Waals surface area (Å²) in [4.78, 5) is 16.7. The lowest BCUT2D eigenvalue weighted by molar-refractivity contribution is -0.136. The van der Waals surface area contributed by atoms with Gasteiger partial charge in [0.05, 0.1) is 0 Å². The number of rotatable bonds is 6. The minimum absolute atomic E-state index is 0.198. The molecule has 6 nitrogen and oxygen atoms in total. The van der Waals surface area contributed by atoms with Gasteiger partial charge in [-0.25, -0.2) is 4.79 Å². The third-order valence-corrected chi connectivity index (χ3v) is 6.37. The van der Waals surface area contributed by atoms with Crippen molar-refractivity contribution in [2.24, 2.45) is 10.2 Å². The van der Waals surface area contributed by atoms with Crippen LogP contribution in [-0.2, 0) is 16.1 Å². The number of aryl methyl sites for hydroxylation is 6. The largest absolute Gasteiger partial charge is 0.456 e. The number of guanidine groups is 1. The van der Waals surface area contributed by atoms with Crippen molar-refractivity contribution in [1.29, 1.82) is 0 Å². The summed E-state index contributed by atoms with van der Waals surface area (Å²) < 4.78 is 5.33. The fourth-order valence-corrected chi connectivity index (χ4v) is 5.17. The second-order valence-corrected chi connectivity index (χ2v) is 9.54. The van der Waals surface area contributed by atoms with Crippen molar-refractivity contribution in [2.45, 2.75) is 48.1 Å². The lowest BCUT2D eigenvalue weighted by Crippen LogP contribution is -2.35. The van der Waals surface area contributed by atoms with E-state index in [4.69, 9.17) is 4.74 Å². The minimum Gasteiger partial charge on any atom is -0.456 e. The Balaban J connectivity index is 1.67. The Morgan fingerprint density at radius 2 is 1.28 bits per heavy atom. The molecule has 36 heavy (non-hydrogen) atoms. The van der Waals surface area contributed by atoms with E-state index in [1.54, 1.807) is 0 Å². The normalized spacial score (nSPS) is 13.6. The van der Waals surface area contributed by atoms with E-state index in [2.05, 4.69) is 85.8 Å². The average Bonchev–Trinajstić information content (AvgIpc) is 3.20. The molecule has 0 unspecified atom stereocenters. The molecule has 1 aliphatic rings. The Kier molecular flexibility index (Phi) is 7.53. The third kappa shape index (κ3) is 5.48. The zero-order valence-electron chi connectivity index (χ0n) is 22.0. The highest BCUT2D eigenvalue weighted by molar-refractivity contribution is 6.23. The summed E-state index contributed by atoms with van der Waals surface area (Å²) in [6.45, 7) is 14.5. The van der Waals surface area contributed by atoms with Crippen LogP contribution in [0.1, 0.15) is 38.9 Å². The molecule has 0 aliphatic carbocycles. The molecule has 1 aliphatic heterocycles. The highest BCUT2D eigenvalue weighted by Gasteiger charge is 2.32. The van der Waals surface area contributed by atoms with Crippen molar-refractivity contribution in [3.63, 3.8) is 0 Å². The topological polar surface area (TPSA) is 57.5 Å². The van der Waals surface area contributed by atoms with Gasteiger partial charge in [0.2, 0.25) is 5.96 Å². The predicted octanol–water partition coefficient (Wildman–Crippen LogP) is 5.95. The van der Waals surface area contributed by atoms with E-state index < -0.39 is 5.97 Å². The maximum Gasteiger partial charge on any atom is 0.351 e. The summed E-state index contributed by atoms with van der Waals surface area (Å²) in [5, 5.41) is 8.76. The molecule has 6 heteroatoms. The smallest absolute Gasteiger partial charge is 0.351 e. The van der Waals surface area contributed by atoms with Crippen molar-refractivity contribution < 1.29 is 9.53 Å². The van der Waals surface area contributed by atoms with Crippen LogP contribution in [0.3, 0.4) is 0 Å². The number of carbonyl (C=O) groups excluding carboxylic acids is 1. The number of carbonyl (C=O) groups is 1. The van der Waals surface area contributed by atoms with Gasteiger partial charge in [-0.3, -0.25) is 0 Å². The molecular formula is C30H34N4O2. The SMILES string of the molecule is Cc1cc(C)c(N2CCN(c3c(C)cc(C)cc3C)C2=N/N=C/C(=O)OCc2ccccc2)c(C)c1. The molecule has 0 saturated carbocycles. The van der Waals surface area contributed by atoms with Crippen molar-refractivity contribution in [3.8, 4) is 0 Å². The van der Waals surface area contributed by atoms with Gasteiger partial charge in [0.15, 0.2) is 0 Å². The molecule has 1 fully saturated rings. The molecule has 0 radical (unpaired) electrons. The van der Waals surface area contributed by atoms with Gasteiger partial charge in [0.25, 0.3) is 0 Å². The second-order valence-electron chi connectivity index (χ2n) is 9.54. The van der Waals surface area contributed by atoms with E-state index in [0.29, 0.717) is 5.96 Å². The van der Waals surface area contributed by atoms with Crippen molar-refractivity contribution in [1.82, 2.24) is 0 Å². The number of anilines is 2. The number of hydrogen-bond acceptors (Lipinski definition) is 4. The molecular weight excluding hydrogens is 448 g/mol. The Bertz CT molecular complexity index is 1210. The molecule has 0 bridgehead atoms. The van der Waals surface area contributed by atoms with Crippen LogP contribution in [0, 0.1) is 41.5 Å². The summed E-state index contributed by atoms with van der Waals surface area (Å²) in [7, 11) is 0. The van der Waals surface area contributed by atoms with E-state index in [1.807, 2.05) is 30.3 Å². The lowest BCUT2D eigenvalue weighted by Gasteiger charge is -2.27. The molecule has 1 heterocycles. The summed E-state index contributed by atoms with van der Waals surface area (Å²) in [6, 6.07) is 18.3. The quantitative estimate of drug-likeness (QED) is 0.248. The maximum atomic E-state index is 12.3. The van der Waals surface area contributed by atoms with E-state index in [0.717, 1.165) is 36.2 Å². The molecule has 3 aromatic rings. The summed E-state index contributed by atoms with van der Waals surface area (Å²) in [5.41, 5.74) is 10.4. The van der Waals surface area contributed by atoms with Crippen LogP contribution in [0.25, 0.3) is 0 Å². The standard InChI is InChI=1S/C30H34N4O2/c1-20-14-22(3)28(23(4)15-20)33-12-13-34(29-24(5)16-21(2)17-25(29)6)30(33)32-31-18-27(35)36-19-26-10-8-7-9-11-26/h7-11,14-18H,12-13,19H2,1-6H3/b31-18+. The first-order valence-corrected chi connectivity index (χ1v) is 12.3. The Hall–Kier alpha value is -3.93. The third-order valence-electron chi connectivity index (χ3n) is 6.37. The average molecular weight is 483 g/mol. The number of ether oxygens (including phenoxy) is 1. The number of nitrogens with zero attached hydrogens (tertiary/aromatic N) is 4. The minimum atomic E-state index is -0.523. The molecule has 3 aromatic carbocycles. The van der Waals surface area contributed by atoms with Gasteiger partial charge < -0.3 is 14.5 Å². The van der Waals surface area contributed by atoms with Gasteiger partial charge in [0, 0.05) is 24.5 Å². The van der Waals surface area contributed by atoms with Gasteiger partial charge in [-0.2, -0.15) is 0 Å². The Morgan fingerprint density at radius 1 is 0.806 bits per heavy atom. The van der Waals surface area contributed by atoms with E-state index >= 15 is 0 Å². The summed E-state index contributed by atoms with van der Waals surface area (Å²) in [6.07, 6.45) is 1.15. The highest BCUT2D eigenvalue weighted by Crippen LogP contribution is 2.34. The van der Waals surface area contributed by atoms with Crippen LogP contribution in [0.2, 0.25) is 0 Å². The number of benzene rings is 3. The summed E-state index contributed by atoms with van der Waals surface area (Å²) in [5.74, 6) is 0.178. The maximum absolute atomic E-state index is 12.3. The van der Waals surface area contributed by atoms with Gasteiger partial charge >= 0.3 is 5.97 Å². The molecule has 0 aromatic heterocycles. The number of esters is 1. The summed E-state index contributed by atoms with van der Waals surface area (Å²) >= 11 is 0. The van der Waals surface area contributed by atoms with Crippen LogP contribution < -0.4 is 9.80 Å². The first-order chi connectivity index (χ1) is 17.2. The molecule has 0 amide bonds. The second kappa shape index (κ2) is 10.8. The fraction of sp³-hybridized carbons (Fsp3) is 0.300. The van der Waals surface area contributed by atoms with Crippen LogP contribution in [-0.4, -0.2) is 31.2 Å². The van der Waals surface area contributed by atoms with Gasteiger partial charge in [-0.1, -0.05) is 65.7 Å². The van der Waals surface area contributed by atoms with Crippen molar-refractivity contribution >= 4 is 29.5 Å². The van der Waals surface area contributed by atoms with E-state index in [-0.39, 0.29) is 6.61 Å². The lowest BCUT2D eigenvalue weighted by atomic mass is 10.0. The molecule has 1 saturated heterocycles. The van der Waals surface area contributed by atoms with Crippen LogP contribution >= 0.6 is 0 Å². The monoisotopic (exact) mass is 482 g/mol. The Morgan fingerprint density at radius 3 is 1.75 bits per heavy atom. The van der Waals surface area contributed by atoms with Crippen LogP contribution in [0.4, 0.5) is 11.4 Å². The van der Waals surface area contributed by atoms with Crippen LogP contribution in [0.5, 0.6) is 0 Å². The van der Waals surface area contributed by atoms with Gasteiger partial charge in [0.1, 0.15) is 12.8 Å². The van der Waals surface area contributed by atoms with E-state index in [1.165, 1.54) is 33.4 Å². The zero-order valence-corrected chi connectivity index (χ0v) is 22.0. The van der Waals surface area contributed by atoms with Gasteiger partial charge in [-0.05, 0) is 69.4 Å². The van der Waals surface area contributed by atoms with Crippen molar-refractivity contribution in [2.75, 3.05) is 22.9 Å². The zero-order chi connectivity index (χ0) is 25.8. The van der Waals surface area contributed by atoms with Crippen LogP contribution in [0.15, 0.2) is 64.8 Å². The molecule has 0 atom stereocenters. The predicted molar refractivity (Wildman–Crippen MR) is 148 cm³/mol. The fourth-order valence-electron chi connectivity index (χ4n) is 5.17. The highest BCUT2D eigenvalue weighted by atomic mass is 16.5. The van der Waals surface area contributed by atoms with Crippen molar-refractivity contribution in [3.05, 3.63) is 93.5 Å². The Labute approximate surface area is 213 Å². The van der Waals surface area contributed by atoms with E-state index in [9.17, 15) is 4.79 Å². The number of hydrogen-bond donors (Lipinski definition) is 0.